The molecule has 5 heteroatoms. The molecule has 0 bridgehead atoms. The van der Waals surface area contributed by atoms with Crippen LogP contribution >= 0.6 is 0 Å². The van der Waals surface area contributed by atoms with Gasteiger partial charge in [-0.05, 0) is 61.9 Å². The van der Waals surface area contributed by atoms with Crippen LogP contribution in [0.15, 0.2) is 88.8 Å². The molecule has 0 saturated heterocycles. The van der Waals surface area contributed by atoms with Gasteiger partial charge in [-0.1, -0.05) is 236 Å². The van der Waals surface area contributed by atoms with Crippen molar-refractivity contribution in [3.8, 4) is 11.5 Å². The molecule has 0 spiro atoms. The van der Waals surface area contributed by atoms with Crippen molar-refractivity contribution in [1.29, 1.82) is 0 Å². The van der Waals surface area contributed by atoms with Crippen LogP contribution in [0.5, 0.6) is 11.5 Å². The van der Waals surface area contributed by atoms with Gasteiger partial charge in [0, 0.05) is 0 Å². The van der Waals surface area contributed by atoms with Gasteiger partial charge in [0.25, 0.3) is 0 Å². The van der Waals surface area contributed by atoms with Gasteiger partial charge < -0.3 is 10.2 Å². The molecule has 3 aromatic rings. The summed E-state index contributed by atoms with van der Waals surface area (Å²) in [5.74, 6) is -0.823. The molecule has 0 aliphatic carbocycles. The van der Waals surface area contributed by atoms with Gasteiger partial charge in [0.15, 0.2) is 0 Å². The van der Waals surface area contributed by atoms with Gasteiger partial charge in [-0.25, -0.2) is 0 Å². The van der Waals surface area contributed by atoms with E-state index in [0.717, 1.165) is 36.2 Å². The summed E-state index contributed by atoms with van der Waals surface area (Å²) in [6, 6.07) is 25.3. The van der Waals surface area contributed by atoms with Crippen LogP contribution in [0.2, 0.25) is 0 Å². The fraction of sp³-hybridized carbons (Fsp3) is 0.623. The summed E-state index contributed by atoms with van der Waals surface area (Å²) in [5, 5.41) is 21.3. The second-order valence-electron chi connectivity index (χ2n) is 16.3. The molecule has 0 unspecified atom stereocenters. The summed E-state index contributed by atoms with van der Waals surface area (Å²) in [5.41, 5.74) is 5.38. The molecular weight excluding hydrogens is 755 g/mol. The van der Waals surface area contributed by atoms with E-state index in [9.17, 15) is 10.2 Å². The maximum Gasteiger partial charge on any atom is 2.00 e. The first-order chi connectivity index (χ1) is 28.1. The van der Waals surface area contributed by atoms with Crippen molar-refractivity contribution in [3.05, 3.63) is 84.4 Å². The topological polar surface area (TPSA) is 70.8 Å². The van der Waals surface area contributed by atoms with Crippen molar-refractivity contribution in [2.45, 2.75) is 213 Å². The van der Waals surface area contributed by atoms with Gasteiger partial charge >= 0.3 is 16.5 Å². The molecule has 0 heterocycles. The summed E-state index contributed by atoms with van der Waals surface area (Å²) in [4.78, 5) is 10.3. The van der Waals surface area contributed by atoms with Gasteiger partial charge in [0.2, 0.25) is 0 Å². The number of aryl methyl sites for hydroxylation is 1. The molecule has 3 rings (SSSR count). The predicted molar refractivity (Wildman–Crippen MR) is 247 cm³/mol. The Morgan fingerprint density at radius 1 is 0.379 bits per heavy atom. The molecule has 3 aromatic carbocycles. The molecule has 0 radical (unpaired) electrons. The van der Waals surface area contributed by atoms with Crippen LogP contribution in [0.25, 0.3) is 0 Å². The van der Waals surface area contributed by atoms with Crippen LogP contribution in [0.4, 0.5) is 11.4 Å². The molecule has 0 atom stereocenters. The Morgan fingerprint density at radius 3 is 1.02 bits per heavy atom. The zero-order valence-electron chi connectivity index (χ0n) is 37.2. The fourth-order valence-electron chi connectivity index (χ4n) is 7.42. The smallest absolute Gasteiger partial charge is 0.873 e. The largest absolute Gasteiger partial charge is 2.00 e. The second-order valence-corrected chi connectivity index (χ2v) is 16.3. The first-order valence-corrected chi connectivity index (χ1v) is 23.8. The van der Waals surface area contributed by atoms with Crippen molar-refractivity contribution < 1.29 is 26.7 Å². The molecule has 0 fully saturated rings. The van der Waals surface area contributed by atoms with Crippen molar-refractivity contribution in [2.24, 2.45) is 9.98 Å². The third kappa shape index (κ3) is 28.5. The Morgan fingerprint density at radius 2 is 0.690 bits per heavy atom. The van der Waals surface area contributed by atoms with E-state index in [2.05, 4.69) is 74.5 Å². The Bertz CT molecular complexity index is 1410. The summed E-state index contributed by atoms with van der Waals surface area (Å²) < 4.78 is 0. The van der Waals surface area contributed by atoms with Crippen molar-refractivity contribution in [3.63, 3.8) is 0 Å². The molecule has 0 aliphatic rings. The Balaban J connectivity index is 0.00000133. The van der Waals surface area contributed by atoms with E-state index < -0.39 is 11.5 Å². The Hall–Kier alpha value is -2.91. The van der Waals surface area contributed by atoms with Gasteiger partial charge in [-0.2, -0.15) is 0 Å². The number of nitrogens with zero attached hydrogens (tertiary/aromatic N) is 2. The number of hydrogen-bond acceptors (Lipinski definition) is 4. The first kappa shape index (κ1) is 53.1. The normalized spacial score (nSPS) is 11.6. The van der Waals surface area contributed by atoms with Gasteiger partial charge in [0.05, 0.1) is 22.8 Å². The monoisotopic (exact) mass is 837 g/mol. The maximum atomic E-state index is 10.7. The summed E-state index contributed by atoms with van der Waals surface area (Å²) in [6.45, 7) is 6.52. The minimum Gasteiger partial charge on any atom is -0.873 e. The third-order valence-corrected chi connectivity index (χ3v) is 11.1. The van der Waals surface area contributed by atoms with Crippen molar-refractivity contribution >= 4 is 22.8 Å². The number of hydrogen-bond donors (Lipinski definition) is 0. The second kappa shape index (κ2) is 38.3. The van der Waals surface area contributed by atoms with Crippen LogP contribution in [0.1, 0.15) is 213 Å². The van der Waals surface area contributed by atoms with Crippen LogP contribution in [0, 0.1) is 0 Å². The number of rotatable bonds is 33. The first-order valence-electron chi connectivity index (χ1n) is 23.8. The van der Waals surface area contributed by atoms with E-state index in [1.807, 2.05) is 6.92 Å². The molecular formula is C53H82N2NiO2. The molecule has 0 aromatic heterocycles. The standard InChI is InChI=1S/C45H74N2.C8H10O2.Ni/c1-3-5-7-8-9-10-11-12-13-14-15-16-17-18-19-20-21-22-23-24-25-26-27-35-41-45(47-43-38-33-29-34-39-43)44(40-30-6-4-2)46-42-36-31-28-32-37-42;1-2-6-3-4-7(9)8(10)5-6;/h28-29,31-34,36-39H,3-27,30,35,40-41H2,1-2H3;3-5,9-10H,2H2,1H3;/q;;+2/p-2. The van der Waals surface area contributed by atoms with E-state index in [-0.39, 0.29) is 16.5 Å². The summed E-state index contributed by atoms with van der Waals surface area (Å²) in [7, 11) is 0. The Kier molecular flexibility index (Phi) is 35.1. The number of unbranched alkanes of at least 4 members (excludes halogenated alkanes) is 25. The zero-order valence-corrected chi connectivity index (χ0v) is 38.2. The van der Waals surface area contributed by atoms with Crippen molar-refractivity contribution in [1.82, 2.24) is 0 Å². The molecule has 326 valence electrons. The van der Waals surface area contributed by atoms with Gasteiger partial charge in [0.1, 0.15) is 0 Å². The molecule has 58 heavy (non-hydrogen) atoms. The minimum absolute atomic E-state index is 0. The number of aliphatic imine (C=N–C) groups is 2. The predicted octanol–water partition coefficient (Wildman–Crippen LogP) is 16.3. The van der Waals surface area contributed by atoms with E-state index in [1.54, 1.807) is 6.07 Å². The molecule has 0 saturated carbocycles. The van der Waals surface area contributed by atoms with E-state index in [4.69, 9.17) is 9.98 Å². The summed E-state index contributed by atoms with van der Waals surface area (Å²) in [6.07, 6.45) is 40.7. The Labute approximate surface area is 367 Å². The SMILES string of the molecule is CCCCCCCCCCCCCCCCCCCCCCCCCCC(=Nc1ccccc1)C(CCCCC)=Nc1ccccc1.CCc1ccc([O-])c([O-])c1.[Ni+2]. The number of benzene rings is 3. The van der Waals surface area contributed by atoms with Crippen LogP contribution in [0.3, 0.4) is 0 Å². The van der Waals surface area contributed by atoms with E-state index >= 15 is 0 Å². The quantitative estimate of drug-likeness (QED) is 0.0348. The summed E-state index contributed by atoms with van der Waals surface area (Å²) >= 11 is 0. The fourth-order valence-corrected chi connectivity index (χ4v) is 7.42. The van der Waals surface area contributed by atoms with Crippen LogP contribution in [-0.4, -0.2) is 11.4 Å². The van der Waals surface area contributed by atoms with Gasteiger partial charge in [-0.3, -0.25) is 9.98 Å². The van der Waals surface area contributed by atoms with E-state index in [1.165, 1.54) is 197 Å². The average Bonchev–Trinajstić information content (AvgIpc) is 3.23. The molecule has 0 N–H and O–H groups in total. The van der Waals surface area contributed by atoms with Crippen molar-refractivity contribution in [2.75, 3.05) is 0 Å². The molecule has 4 nitrogen and oxygen atoms in total. The minimum atomic E-state index is -0.419. The molecule has 0 amide bonds. The maximum absolute atomic E-state index is 10.7. The van der Waals surface area contributed by atoms with E-state index in [0.29, 0.717) is 0 Å². The number of para-hydroxylation sites is 2. The van der Waals surface area contributed by atoms with Crippen LogP contribution in [-0.2, 0) is 22.9 Å². The van der Waals surface area contributed by atoms with Gasteiger partial charge in [-0.15, -0.1) is 11.5 Å². The average molecular weight is 838 g/mol. The van der Waals surface area contributed by atoms with Crippen LogP contribution < -0.4 is 10.2 Å². The molecule has 0 aliphatic heterocycles. The third-order valence-electron chi connectivity index (χ3n) is 11.1. The zero-order chi connectivity index (χ0) is 40.9.